The van der Waals surface area contributed by atoms with Gasteiger partial charge in [-0.15, -0.1) is 0 Å². The summed E-state index contributed by atoms with van der Waals surface area (Å²) < 4.78 is 6.10. The smallest absolute Gasteiger partial charge is 0.0795 e. The first kappa shape index (κ1) is 13.3. The summed E-state index contributed by atoms with van der Waals surface area (Å²) in [6, 6.07) is 1.46. The zero-order chi connectivity index (χ0) is 12.6. The molecule has 1 saturated carbocycles. The zero-order valence-electron chi connectivity index (χ0n) is 11.8. The van der Waals surface area contributed by atoms with E-state index in [1.54, 1.807) is 0 Å². The summed E-state index contributed by atoms with van der Waals surface area (Å²) in [6.07, 6.45) is 7.83. The Morgan fingerprint density at radius 3 is 2.61 bits per heavy atom. The van der Waals surface area contributed by atoms with Crippen LogP contribution in [0.25, 0.3) is 0 Å². The molecule has 3 fully saturated rings. The molecule has 0 aromatic heterocycles. The maximum absolute atomic E-state index is 6.10. The van der Waals surface area contributed by atoms with Gasteiger partial charge in [-0.2, -0.15) is 11.8 Å². The van der Waals surface area contributed by atoms with Crippen molar-refractivity contribution in [1.29, 1.82) is 0 Å². The Morgan fingerprint density at radius 2 is 1.94 bits per heavy atom. The van der Waals surface area contributed by atoms with Gasteiger partial charge >= 0.3 is 0 Å². The fraction of sp³-hybridized carbons (Fsp3) is 1.00. The molecule has 0 radical (unpaired) electrons. The number of thioether (sulfide) groups is 1. The van der Waals surface area contributed by atoms with Gasteiger partial charge in [0, 0.05) is 24.4 Å². The fourth-order valence-electron chi connectivity index (χ4n) is 3.95. The molecule has 2 heterocycles. The highest BCUT2D eigenvalue weighted by Gasteiger charge is 2.41. The topological polar surface area (TPSA) is 21.3 Å². The van der Waals surface area contributed by atoms with Crippen LogP contribution >= 0.6 is 11.8 Å². The second-order valence-corrected chi connectivity index (χ2v) is 8.40. The molecule has 3 unspecified atom stereocenters. The van der Waals surface area contributed by atoms with Crippen LogP contribution in [0.2, 0.25) is 0 Å². The molecule has 1 spiro atoms. The summed E-state index contributed by atoms with van der Waals surface area (Å²) in [7, 11) is 0. The summed E-state index contributed by atoms with van der Waals surface area (Å²) in [6.45, 7) is 5.79. The molecule has 0 bridgehead atoms. The van der Waals surface area contributed by atoms with Gasteiger partial charge in [-0.3, -0.25) is 0 Å². The van der Waals surface area contributed by atoms with Crippen LogP contribution in [-0.4, -0.2) is 35.8 Å². The minimum absolute atomic E-state index is 0.231. The van der Waals surface area contributed by atoms with Gasteiger partial charge in [0.2, 0.25) is 0 Å². The second kappa shape index (κ2) is 4.99. The lowest BCUT2D eigenvalue weighted by Gasteiger charge is -2.39. The van der Waals surface area contributed by atoms with Crippen molar-refractivity contribution >= 4 is 11.8 Å². The first-order chi connectivity index (χ1) is 8.57. The average molecular weight is 269 g/mol. The summed E-state index contributed by atoms with van der Waals surface area (Å²) in [5, 5.41) is 3.94. The second-order valence-electron chi connectivity index (χ2n) is 7.29. The third kappa shape index (κ3) is 2.88. The van der Waals surface area contributed by atoms with Crippen LogP contribution in [0, 0.1) is 5.41 Å². The molecule has 1 aliphatic carbocycles. The lowest BCUT2D eigenvalue weighted by Crippen LogP contribution is -2.49. The van der Waals surface area contributed by atoms with Crippen LogP contribution < -0.4 is 5.32 Å². The molecular weight excluding hydrogens is 242 g/mol. The molecule has 2 aliphatic heterocycles. The summed E-state index contributed by atoms with van der Waals surface area (Å²) >= 11 is 2.07. The Bertz CT molecular complexity index is 299. The van der Waals surface area contributed by atoms with E-state index in [4.69, 9.17) is 4.74 Å². The van der Waals surface area contributed by atoms with Gasteiger partial charge in [-0.05, 0) is 49.7 Å². The largest absolute Gasteiger partial charge is 0.374 e. The average Bonchev–Trinajstić information content (AvgIpc) is 2.87. The number of rotatable bonds is 2. The Morgan fingerprint density at radius 1 is 1.11 bits per heavy atom. The number of hydrogen-bond acceptors (Lipinski definition) is 3. The predicted molar refractivity (Wildman–Crippen MR) is 78.2 cm³/mol. The Hall–Kier alpha value is 0.270. The quantitative estimate of drug-likeness (QED) is 0.832. The zero-order valence-corrected chi connectivity index (χ0v) is 12.7. The van der Waals surface area contributed by atoms with E-state index in [2.05, 4.69) is 30.9 Å². The molecule has 3 atom stereocenters. The molecule has 2 nitrogen and oxygen atoms in total. The van der Waals surface area contributed by atoms with Crippen LogP contribution in [-0.2, 0) is 4.74 Å². The van der Waals surface area contributed by atoms with E-state index in [1.165, 1.54) is 50.0 Å². The van der Waals surface area contributed by atoms with Gasteiger partial charge in [0.05, 0.1) is 5.60 Å². The van der Waals surface area contributed by atoms with E-state index in [9.17, 15) is 0 Å². The number of nitrogens with one attached hydrogen (secondary N) is 1. The Labute approximate surface area is 116 Å². The summed E-state index contributed by atoms with van der Waals surface area (Å²) in [5.41, 5.74) is 0.790. The van der Waals surface area contributed by atoms with Crippen molar-refractivity contribution in [3.63, 3.8) is 0 Å². The first-order valence-electron chi connectivity index (χ1n) is 7.55. The van der Waals surface area contributed by atoms with Gasteiger partial charge in [-0.25, -0.2) is 0 Å². The van der Waals surface area contributed by atoms with Crippen molar-refractivity contribution in [1.82, 2.24) is 5.32 Å². The van der Waals surface area contributed by atoms with E-state index in [0.29, 0.717) is 11.5 Å². The molecule has 104 valence electrons. The molecule has 3 rings (SSSR count). The molecular formula is C15H27NOS. The van der Waals surface area contributed by atoms with E-state index in [0.717, 1.165) is 12.6 Å². The molecule has 0 aromatic rings. The number of hydrogen-bond donors (Lipinski definition) is 1. The Kier molecular flexibility index (Phi) is 3.68. The highest BCUT2D eigenvalue weighted by Crippen LogP contribution is 2.40. The maximum atomic E-state index is 6.10. The Balaban J connectivity index is 1.54. The minimum atomic E-state index is 0.231. The molecule has 2 saturated heterocycles. The van der Waals surface area contributed by atoms with Gasteiger partial charge in [0.15, 0.2) is 0 Å². The van der Waals surface area contributed by atoms with Crippen molar-refractivity contribution in [2.24, 2.45) is 5.41 Å². The molecule has 0 aromatic carbocycles. The maximum Gasteiger partial charge on any atom is 0.0795 e. The van der Waals surface area contributed by atoms with Crippen LogP contribution in [0.4, 0.5) is 0 Å². The first-order valence-corrected chi connectivity index (χ1v) is 8.70. The minimum Gasteiger partial charge on any atom is -0.374 e. The molecule has 0 amide bonds. The van der Waals surface area contributed by atoms with Crippen molar-refractivity contribution in [3.8, 4) is 0 Å². The molecule has 3 aliphatic rings. The third-order valence-corrected chi connectivity index (χ3v) is 6.22. The van der Waals surface area contributed by atoms with Crippen LogP contribution in [0.3, 0.4) is 0 Å². The van der Waals surface area contributed by atoms with Crippen molar-refractivity contribution in [2.45, 2.75) is 70.1 Å². The third-order valence-electron chi connectivity index (χ3n) is 5.00. The van der Waals surface area contributed by atoms with E-state index >= 15 is 0 Å². The van der Waals surface area contributed by atoms with Crippen LogP contribution in [0.5, 0.6) is 0 Å². The normalized spacial score (nSPS) is 43.7. The molecule has 3 heteroatoms. The fourth-order valence-corrected chi connectivity index (χ4v) is 5.32. The van der Waals surface area contributed by atoms with Gasteiger partial charge < -0.3 is 10.1 Å². The lowest BCUT2D eigenvalue weighted by molar-refractivity contribution is -0.0713. The lowest BCUT2D eigenvalue weighted by atomic mass is 9.89. The predicted octanol–water partition coefficient (Wildman–Crippen LogP) is 3.21. The van der Waals surface area contributed by atoms with Gasteiger partial charge in [-0.1, -0.05) is 13.8 Å². The van der Waals surface area contributed by atoms with Crippen molar-refractivity contribution in [2.75, 3.05) is 18.1 Å². The van der Waals surface area contributed by atoms with E-state index < -0.39 is 0 Å². The highest BCUT2D eigenvalue weighted by molar-refractivity contribution is 7.99. The summed E-state index contributed by atoms with van der Waals surface area (Å²) in [4.78, 5) is 0. The van der Waals surface area contributed by atoms with Crippen molar-refractivity contribution in [3.05, 3.63) is 0 Å². The van der Waals surface area contributed by atoms with E-state index in [-0.39, 0.29) is 5.60 Å². The van der Waals surface area contributed by atoms with Gasteiger partial charge in [0.1, 0.15) is 0 Å². The van der Waals surface area contributed by atoms with Gasteiger partial charge in [0.25, 0.3) is 0 Å². The van der Waals surface area contributed by atoms with Crippen LogP contribution in [0.1, 0.15) is 52.4 Å². The molecule has 18 heavy (non-hydrogen) atoms. The summed E-state index contributed by atoms with van der Waals surface area (Å²) in [5.74, 6) is 2.52. The SMILES string of the molecule is CC1(C)CCC(NC2CCOC3(CCSC3)C2)C1. The van der Waals surface area contributed by atoms with E-state index in [1.807, 2.05) is 0 Å². The standard InChI is InChI=1S/C15H27NOS/c1-14(2)5-3-12(9-14)16-13-4-7-17-15(10-13)6-8-18-11-15/h12-13,16H,3-11H2,1-2H3. The monoisotopic (exact) mass is 269 g/mol. The number of ether oxygens (including phenoxy) is 1. The highest BCUT2D eigenvalue weighted by atomic mass is 32.2. The van der Waals surface area contributed by atoms with Crippen LogP contribution in [0.15, 0.2) is 0 Å². The molecule has 1 N–H and O–H groups in total. The van der Waals surface area contributed by atoms with Crippen molar-refractivity contribution < 1.29 is 4.74 Å².